The van der Waals surface area contributed by atoms with Crippen LogP contribution in [0.5, 0.6) is 0 Å². The summed E-state index contributed by atoms with van der Waals surface area (Å²) in [7, 11) is 0. The average molecular weight is 411 g/mol. The van der Waals surface area contributed by atoms with Crippen LogP contribution >= 0.6 is 0 Å². The van der Waals surface area contributed by atoms with E-state index in [1.807, 2.05) is 12.1 Å². The van der Waals surface area contributed by atoms with Gasteiger partial charge in [0.05, 0.1) is 11.7 Å². The number of hydrogen-bond donors (Lipinski definition) is 2. The number of fused-ring (bicyclic) bond motifs is 2. The van der Waals surface area contributed by atoms with Crippen molar-refractivity contribution in [1.29, 1.82) is 0 Å². The number of benzene rings is 1. The first kappa shape index (κ1) is 19.1. The summed E-state index contributed by atoms with van der Waals surface area (Å²) < 4.78 is 13.3. The molecule has 1 aromatic heterocycles. The molecule has 8 heteroatoms. The molecular formula is C22H26FN5O2. The minimum absolute atomic E-state index is 0.0126. The van der Waals surface area contributed by atoms with Gasteiger partial charge < -0.3 is 20.6 Å². The molecule has 3 unspecified atom stereocenters. The fraction of sp³-hybridized carbons (Fsp3) is 0.500. The van der Waals surface area contributed by atoms with Crippen LogP contribution in [0.25, 0.3) is 0 Å². The molecule has 1 aliphatic carbocycles. The fourth-order valence-corrected chi connectivity index (χ4v) is 5.49. The first-order chi connectivity index (χ1) is 14.5. The van der Waals surface area contributed by atoms with Crippen molar-refractivity contribution in [3.8, 4) is 0 Å². The molecule has 2 saturated heterocycles. The molecule has 2 aliphatic heterocycles. The monoisotopic (exact) mass is 411 g/mol. The molecule has 0 spiro atoms. The maximum atomic E-state index is 13.3. The Kier molecular flexibility index (Phi) is 4.72. The molecule has 3 aliphatic rings. The molecule has 2 aromatic rings. The van der Waals surface area contributed by atoms with Crippen molar-refractivity contribution < 1.29 is 14.3 Å². The molecule has 7 nitrogen and oxygen atoms in total. The number of nitrogen functional groups attached to an aromatic ring is 1. The number of anilines is 2. The summed E-state index contributed by atoms with van der Waals surface area (Å²) >= 11 is 0. The zero-order valence-corrected chi connectivity index (χ0v) is 16.8. The van der Waals surface area contributed by atoms with Crippen LogP contribution in [0.1, 0.15) is 42.0 Å². The maximum absolute atomic E-state index is 13.3. The van der Waals surface area contributed by atoms with Crippen molar-refractivity contribution in [2.24, 2.45) is 5.92 Å². The normalized spacial score (nSPS) is 25.7. The summed E-state index contributed by atoms with van der Waals surface area (Å²) in [6.07, 6.45) is 3.65. The Labute approximate surface area is 174 Å². The Morgan fingerprint density at radius 3 is 2.73 bits per heavy atom. The summed E-state index contributed by atoms with van der Waals surface area (Å²) in [4.78, 5) is 24.6. The molecule has 0 bridgehead atoms. The first-order valence-corrected chi connectivity index (χ1v) is 10.6. The van der Waals surface area contributed by atoms with Crippen LogP contribution in [0.3, 0.4) is 0 Å². The van der Waals surface area contributed by atoms with Crippen molar-refractivity contribution in [2.75, 3.05) is 30.3 Å². The van der Waals surface area contributed by atoms with Gasteiger partial charge in [0, 0.05) is 25.2 Å². The topological polar surface area (TPSA) is 95.6 Å². The quantitative estimate of drug-likeness (QED) is 0.789. The number of carbonyl (C=O) groups is 1. The number of rotatable bonds is 2. The fourth-order valence-electron chi connectivity index (χ4n) is 5.49. The highest BCUT2D eigenvalue weighted by atomic mass is 19.1. The number of piperidine rings is 1. The van der Waals surface area contributed by atoms with E-state index in [4.69, 9.17) is 5.73 Å². The van der Waals surface area contributed by atoms with Crippen LogP contribution < -0.4 is 10.6 Å². The molecule has 3 N–H and O–H groups in total. The van der Waals surface area contributed by atoms with E-state index in [2.05, 4.69) is 14.9 Å². The molecule has 5 rings (SSSR count). The largest absolute Gasteiger partial charge is 0.465 e. The minimum atomic E-state index is -0.835. The molecule has 2 fully saturated rings. The predicted octanol–water partition coefficient (Wildman–Crippen LogP) is 3.05. The van der Waals surface area contributed by atoms with Gasteiger partial charge in [-0.25, -0.2) is 14.2 Å². The van der Waals surface area contributed by atoms with Crippen molar-refractivity contribution >= 4 is 17.9 Å². The molecule has 3 atom stereocenters. The average Bonchev–Trinajstić information content (AvgIpc) is 3.17. The summed E-state index contributed by atoms with van der Waals surface area (Å²) in [6.45, 7) is 2.06. The third kappa shape index (κ3) is 3.34. The van der Waals surface area contributed by atoms with Crippen LogP contribution in [0.2, 0.25) is 0 Å². The second kappa shape index (κ2) is 7.41. The molecule has 158 valence electrons. The van der Waals surface area contributed by atoms with Gasteiger partial charge in [-0.05, 0) is 61.6 Å². The lowest BCUT2D eigenvalue weighted by Gasteiger charge is -2.34. The standard InChI is InChI=1S/C22H26FN5O2/c23-16-6-3-13(4-7-16)14-5-8-17-18(10-14)25-21(24)26-20(17)27-11-15-2-1-9-28(22(29)30)19(15)12-27/h3-4,6-7,14-15,19H,1-2,5,8-12H2,(H,29,30)(H2,24,25,26). The van der Waals surface area contributed by atoms with Gasteiger partial charge >= 0.3 is 6.09 Å². The van der Waals surface area contributed by atoms with Gasteiger partial charge in [0.2, 0.25) is 5.95 Å². The van der Waals surface area contributed by atoms with Gasteiger partial charge in [-0.3, -0.25) is 0 Å². The third-order valence-corrected chi connectivity index (χ3v) is 6.94. The number of hydrogen-bond acceptors (Lipinski definition) is 5. The second-order valence-electron chi connectivity index (χ2n) is 8.67. The Hall–Kier alpha value is -2.90. The van der Waals surface area contributed by atoms with Gasteiger partial charge in [0.25, 0.3) is 0 Å². The molecule has 3 heterocycles. The number of halogens is 1. The number of amides is 1. The lowest BCUT2D eigenvalue weighted by atomic mass is 9.82. The Bertz CT molecular complexity index is 967. The van der Waals surface area contributed by atoms with Gasteiger partial charge in [-0.1, -0.05) is 12.1 Å². The number of likely N-dealkylation sites (tertiary alicyclic amines) is 1. The highest BCUT2D eigenvalue weighted by molar-refractivity contribution is 5.66. The van der Waals surface area contributed by atoms with E-state index in [0.717, 1.165) is 61.3 Å². The van der Waals surface area contributed by atoms with E-state index < -0.39 is 6.09 Å². The van der Waals surface area contributed by atoms with E-state index in [0.29, 0.717) is 19.0 Å². The Morgan fingerprint density at radius 1 is 1.17 bits per heavy atom. The molecular weight excluding hydrogens is 385 g/mol. The minimum Gasteiger partial charge on any atom is -0.465 e. The van der Waals surface area contributed by atoms with Crippen LogP contribution in [-0.2, 0) is 12.8 Å². The number of nitrogens with two attached hydrogens (primary N) is 1. The smallest absolute Gasteiger partial charge is 0.407 e. The summed E-state index contributed by atoms with van der Waals surface area (Å²) in [6, 6.07) is 6.72. The van der Waals surface area contributed by atoms with E-state index >= 15 is 0 Å². The van der Waals surface area contributed by atoms with Gasteiger partial charge in [0.15, 0.2) is 0 Å². The van der Waals surface area contributed by atoms with Crippen LogP contribution in [0.15, 0.2) is 24.3 Å². The lowest BCUT2D eigenvalue weighted by molar-refractivity contribution is 0.0965. The Balaban J connectivity index is 1.42. The maximum Gasteiger partial charge on any atom is 0.407 e. The molecule has 1 aromatic carbocycles. The molecule has 30 heavy (non-hydrogen) atoms. The van der Waals surface area contributed by atoms with Crippen LogP contribution in [0.4, 0.5) is 21.0 Å². The van der Waals surface area contributed by atoms with Gasteiger partial charge in [0.1, 0.15) is 11.6 Å². The summed E-state index contributed by atoms with van der Waals surface area (Å²) in [5.41, 5.74) is 9.28. The van der Waals surface area contributed by atoms with E-state index in [9.17, 15) is 14.3 Å². The highest BCUT2D eigenvalue weighted by Gasteiger charge is 2.42. The van der Waals surface area contributed by atoms with Crippen molar-refractivity contribution in [3.05, 3.63) is 46.9 Å². The van der Waals surface area contributed by atoms with Gasteiger partial charge in [-0.15, -0.1) is 0 Å². The van der Waals surface area contributed by atoms with Crippen LogP contribution in [-0.4, -0.2) is 51.7 Å². The molecule has 0 radical (unpaired) electrons. The first-order valence-electron chi connectivity index (χ1n) is 10.6. The predicted molar refractivity (Wildman–Crippen MR) is 111 cm³/mol. The zero-order chi connectivity index (χ0) is 20.8. The number of carboxylic acid groups (broad SMARTS) is 1. The Morgan fingerprint density at radius 2 is 1.97 bits per heavy atom. The SMILES string of the molecule is Nc1nc2c(c(N3CC4CCCN(C(=O)O)C4C3)n1)CCC(c1ccc(F)cc1)C2. The third-order valence-electron chi connectivity index (χ3n) is 6.94. The van der Waals surface area contributed by atoms with Crippen molar-refractivity contribution in [1.82, 2.24) is 14.9 Å². The number of aromatic nitrogens is 2. The number of nitrogens with zero attached hydrogens (tertiary/aromatic N) is 4. The molecule has 0 saturated carbocycles. The van der Waals surface area contributed by atoms with Gasteiger partial charge in [-0.2, -0.15) is 4.98 Å². The second-order valence-corrected chi connectivity index (χ2v) is 8.67. The van der Waals surface area contributed by atoms with Crippen LogP contribution in [0, 0.1) is 11.7 Å². The molecule has 1 amide bonds. The lowest BCUT2D eigenvalue weighted by Crippen LogP contribution is -2.47. The van der Waals surface area contributed by atoms with Crippen molar-refractivity contribution in [3.63, 3.8) is 0 Å². The highest BCUT2D eigenvalue weighted by Crippen LogP contribution is 2.39. The van der Waals surface area contributed by atoms with E-state index in [1.165, 1.54) is 12.1 Å². The van der Waals surface area contributed by atoms with E-state index in [1.54, 1.807) is 4.90 Å². The summed E-state index contributed by atoms with van der Waals surface area (Å²) in [5.74, 6) is 1.51. The van der Waals surface area contributed by atoms with E-state index in [-0.39, 0.29) is 23.7 Å². The summed E-state index contributed by atoms with van der Waals surface area (Å²) in [5, 5.41) is 9.57. The van der Waals surface area contributed by atoms with Crippen molar-refractivity contribution in [2.45, 2.75) is 44.1 Å². The zero-order valence-electron chi connectivity index (χ0n) is 16.8.